The summed E-state index contributed by atoms with van der Waals surface area (Å²) in [6.45, 7) is 1.90. The molecule has 0 saturated carbocycles. The number of aryl methyl sites for hydroxylation is 1. The molecule has 7 heteroatoms. The van der Waals surface area contributed by atoms with Gasteiger partial charge in [0.2, 0.25) is 0 Å². The van der Waals surface area contributed by atoms with Crippen LogP contribution >= 0.6 is 0 Å². The molecule has 0 unspecified atom stereocenters. The number of benzene rings is 1. The Morgan fingerprint density at radius 2 is 1.89 bits per heavy atom. The van der Waals surface area contributed by atoms with E-state index in [1.165, 1.54) is 12.1 Å². The van der Waals surface area contributed by atoms with Crippen LogP contribution in [0.15, 0.2) is 24.3 Å². The third-order valence-corrected chi connectivity index (χ3v) is 2.51. The molecule has 0 aliphatic carbocycles. The maximum atomic E-state index is 12.4. The van der Waals surface area contributed by atoms with Crippen molar-refractivity contribution in [1.29, 1.82) is 0 Å². The summed E-state index contributed by atoms with van der Waals surface area (Å²) in [7, 11) is 0. The number of alkyl halides is 3. The van der Waals surface area contributed by atoms with Gasteiger partial charge in [0.25, 0.3) is 0 Å². The van der Waals surface area contributed by atoms with Crippen molar-refractivity contribution in [1.82, 2.24) is 9.97 Å². The molecule has 0 spiro atoms. The Kier molecular flexibility index (Phi) is 3.28. The summed E-state index contributed by atoms with van der Waals surface area (Å²) in [6.07, 6.45) is -4.37. The van der Waals surface area contributed by atoms with Crippen LogP contribution in [0.1, 0.15) is 11.3 Å². The van der Waals surface area contributed by atoms with E-state index in [1.54, 1.807) is 6.92 Å². The van der Waals surface area contributed by atoms with Gasteiger partial charge in [-0.25, -0.2) is 0 Å². The lowest BCUT2D eigenvalue weighted by Crippen LogP contribution is -2.04. The summed E-state index contributed by atoms with van der Waals surface area (Å²) in [6, 6.07) is 4.59. The Hall–Kier alpha value is -2.31. The molecule has 100 valence electrons. The minimum atomic E-state index is -4.37. The largest absolute Gasteiger partial charge is 0.416 e. The fourth-order valence-electron chi connectivity index (χ4n) is 1.63. The molecule has 19 heavy (non-hydrogen) atoms. The molecular formula is C12H9F3N2O2. The molecule has 0 amide bonds. The molecule has 1 heterocycles. The number of hydrogen-bond donors (Lipinski definition) is 1. The van der Waals surface area contributed by atoms with Gasteiger partial charge in [-0.05, 0) is 19.1 Å². The zero-order valence-electron chi connectivity index (χ0n) is 9.78. The molecule has 2 aromatic rings. The molecule has 0 radical (unpaired) electrons. The summed E-state index contributed by atoms with van der Waals surface area (Å²) >= 11 is 0. The summed E-state index contributed by atoms with van der Waals surface area (Å²) in [5, 5.41) is 0. The van der Waals surface area contributed by atoms with Gasteiger partial charge < -0.3 is 9.72 Å². The summed E-state index contributed by atoms with van der Waals surface area (Å²) in [5.41, 5.74) is 0.804. The van der Waals surface area contributed by atoms with Gasteiger partial charge in [0, 0.05) is 11.3 Å². The number of hydrogen-bond acceptors (Lipinski definition) is 3. The Bertz CT molecular complexity index is 588. The van der Waals surface area contributed by atoms with E-state index in [0.29, 0.717) is 17.0 Å². The lowest BCUT2D eigenvalue weighted by molar-refractivity contribution is -0.137. The topological polar surface area (TPSA) is 55.0 Å². The predicted octanol–water partition coefficient (Wildman–Crippen LogP) is 2.94. The number of carbonyl (C=O) groups is 1. The lowest BCUT2D eigenvalue weighted by atomic mass is 10.1. The van der Waals surface area contributed by atoms with Crippen molar-refractivity contribution < 1.29 is 22.7 Å². The molecular weight excluding hydrogens is 261 g/mol. The number of ether oxygens (including phenoxy) is 1. The first kappa shape index (κ1) is 13.1. The van der Waals surface area contributed by atoms with Crippen LogP contribution in [-0.2, 0) is 11.0 Å². The third-order valence-electron chi connectivity index (χ3n) is 2.51. The summed E-state index contributed by atoms with van der Waals surface area (Å²) < 4.78 is 41.8. The fraction of sp³-hybridized carbons (Fsp3) is 0.167. The van der Waals surface area contributed by atoms with Crippen LogP contribution < -0.4 is 4.74 Å². The maximum Gasteiger partial charge on any atom is 0.416 e. The van der Waals surface area contributed by atoms with Gasteiger partial charge in [-0.1, -0.05) is 12.1 Å². The average molecular weight is 270 g/mol. The van der Waals surface area contributed by atoms with Crippen LogP contribution in [0, 0.1) is 6.92 Å². The van der Waals surface area contributed by atoms with Gasteiger partial charge in [0.05, 0.1) is 11.3 Å². The highest BCUT2D eigenvalue weighted by Gasteiger charge is 2.30. The third kappa shape index (κ3) is 2.75. The Morgan fingerprint density at radius 3 is 2.42 bits per heavy atom. The molecule has 0 saturated heterocycles. The molecule has 1 N–H and O–H groups in total. The smallest absolute Gasteiger partial charge is 0.395 e. The second kappa shape index (κ2) is 4.75. The van der Waals surface area contributed by atoms with Crippen molar-refractivity contribution >= 4 is 6.47 Å². The molecule has 2 rings (SSSR count). The van der Waals surface area contributed by atoms with E-state index in [2.05, 4.69) is 14.7 Å². The van der Waals surface area contributed by atoms with Crippen molar-refractivity contribution in [2.75, 3.05) is 0 Å². The average Bonchev–Trinajstić information content (AvgIpc) is 2.70. The monoisotopic (exact) mass is 270 g/mol. The number of rotatable bonds is 3. The molecule has 4 nitrogen and oxygen atoms in total. The number of H-pyrrole nitrogens is 1. The number of halogens is 3. The summed E-state index contributed by atoms with van der Waals surface area (Å²) in [5.74, 6) is 0. The van der Waals surface area contributed by atoms with E-state index in [-0.39, 0.29) is 12.5 Å². The normalized spacial score (nSPS) is 11.4. The van der Waals surface area contributed by atoms with Gasteiger partial charge in [0.15, 0.2) is 0 Å². The molecule has 0 atom stereocenters. The van der Waals surface area contributed by atoms with E-state index >= 15 is 0 Å². The highest BCUT2D eigenvalue weighted by molar-refractivity contribution is 5.63. The highest BCUT2D eigenvalue weighted by Crippen LogP contribution is 2.31. The van der Waals surface area contributed by atoms with E-state index in [0.717, 1.165) is 12.1 Å². The second-order valence-corrected chi connectivity index (χ2v) is 3.80. The van der Waals surface area contributed by atoms with Crippen molar-refractivity contribution in [3.05, 3.63) is 35.5 Å². The van der Waals surface area contributed by atoms with E-state index < -0.39 is 11.7 Å². The first-order valence-corrected chi connectivity index (χ1v) is 5.26. The van der Waals surface area contributed by atoms with Gasteiger partial charge in [-0.2, -0.15) is 18.2 Å². The zero-order chi connectivity index (χ0) is 14.0. The van der Waals surface area contributed by atoms with Gasteiger partial charge >= 0.3 is 18.7 Å². The Labute approximate surface area is 106 Å². The number of nitrogens with zero attached hydrogens (tertiary/aromatic N) is 1. The number of nitrogens with one attached hydrogen (secondary N) is 1. The SMILES string of the molecule is Cc1[nH]c(OC=O)nc1-c1ccc(C(F)(F)F)cc1. The van der Waals surface area contributed by atoms with Gasteiger partial charge in [-0.15, -0.1) is 0 Å². The first-order chi connectivity index (χ1) is 8.91. The predicted molar refractivity (Wildman–Crippen MR) is 60.5 cm³/mol. The fourth-order valence-corrected chi connectivity index (χ4v) is 1.63. The maximum absolute atomic E-state index is 12.4. The summed E-state index contributed by atoms with van der Waals surface area (Å²) in [4.78, 5) is 16.9. The van der Waals surface area contributed by atoms with E-state index in [4.69, 9.17) is 0 Å². The van der Waals surface area contributed by atoms with E-state index in [1.807, 2.05) is 0 Å². The van der Waals surface area contributed by atoms with Crippen LogP contribution in [0.5, 0.6) is 6.01 Å². The van der Waals surface area contributed by atoms with Crippen LogP contribution in [-0.4, -0.2) is 16.4 Å². The highest BCUT2D eigenvalue weighted by atomic mass is 19.4. The van der Waals surface area contributed by atoms with E-state index in [9.17, 15) is 18.0 Å². The zero-order valence-corrected chi connectivity index (χ0v) is 9.78. The quantitative estimate of drug-likeness (QED) is 0.872. The Morgan fingerprint density at radius 1 is 1.26 bits per heavy atom. The van der Waals surface area contributed by atoms with Crippen molar-refractivity contribution in [2.45, 2.75) is 13.1 Å². The first-order valence-electron chi connectivity index (χ1n) is 5.26. The van der Waals surface area contributed by atoms with Gasteiger partial charge in [-0.3, -0.25) is 4.79 Å². The van der Waals surface area contributed by atoms with Crippen molar-refractivity contribution in [2.24, 2.45) is 0 Å². The molecule has 0 fully saturated rings. The minimum Gasteiger partial charge on any atom is -0.395 e. The van der Waals surface area contributed by atoms with Crippen LogP contribution in [0.3, 0.4) is 0 Å². The van der Waals surface area contributed by atoms with Crippen molar-refractivity contribution in [3.8, 4) is 17.3 Å². The number of aromatic amines is 1. The standard InChI is InChI=1S/C12H9F3N2O2/c1-7-10(17-11(16-7)19-6-18)8-2-4-9(5-3-8)12(13,14)15/h2-6H,1H3,(H,16,17). The molecule has 1 aromatic heterocycles. The number of carbonyl (C=O) groups excluding carboxylic acids is 1. The molecule has 1 aromatic carbocycles. The second-order valence-electron chi connectivity index (χ2n) is 3.80. The van der Waals surface area contributed by atoms with Crippen LogP contribution in [0.4, 0.5) is 13.2 Å². The molecule has 0 aliphatic heterocycles. The van der Waals surface area contributed by atoms with Crippen LogP contribution in [0.2, 0.25) is 0 Å². The lowest BCUT2D eigenvalue weighted by Gasteiger charge is -2.06. The van der Waals surface area contributed by atoms with Crippen molar-refractivity contribution in [3.63, 3.8) is 0 Å². The number of imidazole rings is 1. The molecule has 0 aliphatic rings. The van der Waals surface area contributed by atoms with Crippen LogP contribution in [0.25, 0.3) is 11.3 Å². The Balaban J connectivity index is 2.34. The number of aromatic nitrogens is 2. The van der Waals surface area contributed by atoms with Gasteiger partial charge in [0.1, 0.15) is 0 Å². The molecule has 0 bridgehead atoms. The minimum absolute atomic E-state index is 0.00222.